The normalized spacial score (nSPS) is 12.3. The standard InChI is InChI=1S/C25H26ClN3O5/c1-16-24(17(2)29(28-16)14-19-5-3-4-6-20(19)26)25(31)34-15-23(30)27-10-9-18-7-8-21-22(13-18)33-12-11-32-21/h3-8,13H,9-12,14-15H2,1-2H3,(H,27,30). The lowest BCUT2D eigenvalue weighted by Gasteiger charge is -2.18. The number of hydrogen-bond acceptors (Lipinski definition) is 6. The number of aryl methyl sites for hydroxylation is 1. The summed E-state index contributed by atoms with van der Waals surface area (Å²) >= 11 is 6.24. The Bertz CT molecular complexity index is 1210. The van der Waals surface area contributed by atoms with Gasteiger partial charge in [0.2, 0.25) is 0 Å². The zero-order valence-corrected chi connectivity index (χ0v) is 19.9. The largest absolute Gasteiger partial charge is 0.486 e. The minimum atomic E-state index is -0.581. The molecule has 0 radical (unpaired) electrons. The maximum absolute atomic E-state index is 12.6. The van der Waals surface area contributed by atoms with E-state index in [0.29, 0.717) is 60.4 Å². The molecule has 1 N–H and O–H groups in total. The van der Waals surface area contributed by atoms with Crippen molar-refractivity contribution in [1.82, 2.24) is 15.1 Å². The van der Waals surface area contributed by atoms with E-state index in [-0.39, 0.29) is 12.5 Å². The smallest absolute Gasteiger partial charge is 0.342 e. The number of nitrogens with zero attached hydrogens (tertiary/aromatic N) is 2. The number of hydrogen-bond donors (Lipinski definition) is 1. The number of fused-ring (bicyclic) bond motifs is 1. The molecule has 8 nitrogen and oxygen atoms in total. The highest BCUT2D eigenvalue weighted by Gasteiger charge is 2.21. The Hall–Kier alpha value is -3.52. The molecule has 1 amide bonds. The van der Waals surface area contributed by atoms with Crippen molar-refractivity contribution < 1.29 is 23.8 Å². The molecule has 9 heteroatoms. The van der Waals surface area contributed by atoms with Gasteiger partial charge in [-0.3, -0.25) is 9.48 Å². The van der Waals surface area contributed by atoms with Crippen molar-refractivity contribution in [2.24, 2.45) is 0 Å². The molecule has 0 saturated heterocycles. The summed E-state index contributed by atoms with van der Waals surface area (Å²) in [5.74, 6) is 0.489. The molecule has 3 aromatic rings. The minimum absolute atomic E-state index is 0.358. The van der Waals surface area contributed by atoms with Crippen LogP contribution in [0.1, 0.15) is 32.9 Å². The second-order valence-corrected chi connectivity index (χ2v) is 8.36. The number of carbonyl (C=O) groups is 2. The first-order valence-electron chi connectivity index (χ1n) is 11.0. The molecular formula is C25H26ClN3O5. The average molecular weight is 484 g/mol. The summed E-state index contributed by atoms with van der Waals surface area (Å²) in [7, 11) is 0. The number of benzene rings is 2. The fourth-order valence-electron chi connectivity index (χ4n) is 3.78. The van der Waals surface area contributed by atoms with Crippen molar-refractivity contribution in [1.29, 1.82) is 0 Å². The number of rotatable bonds is 8. The summed E-state index contributed by atoms with van der Waals surface area (Å²) in [6.07, 6.45) is 0.614. The van der Waals surface area contributed by atoms with Crippen LogP contribution in [-0.2, 0) is 22.5 Å². The van der Waals surface area contributed by atoms with Crippen LogP contribution in [0.5, 0.6) is 11.5 Å². The fraction of sp³-hybridized carbons (Fsp3) is 0.320. The van der Waals surface area contributed by atoms with Crippen LogP contribution in [0.15, 0.2) is 42.5 Å². The van der Waals surface area contributed by atoms with Crippen LogP contribution in [0.25, 0.3) is 0 Å². The van der Waals surface area contributed by atoms with Crippen molar-refractivity contribution in [3.05, 3.63) is 75.6 Å². The molecule has 0 fully saturated rings. The molecule has 0 unspecified atom stereocenters. The third kappa shape index (κ3) is 5.51. The van der Waals surface area contributed by atoms with Gasteiger partial charge in [0, 0.05) is 11.6 Å². The Balaban J connectivity index is 1.27. The van der Waals surface area contributed by atoms with Gasteiger partial charge < -0.3 is 19.5 Å². The quantitative estimate of drug-likeness (QED) is 0.493. The number of ether oxygens (including phenoxy) is 3. The van der Waals surface area contributed by atoms with Gasteiger partial charge in [0.25, 0.3) is 5.91 Å². The maximum atomic E-state index is 12.6. The average Bonchev–Trinajstić information content (AvgIpc) is 3.11. The van der Waals surface area contributed by atoms with Crippen molar-refractivity contribution in [2.45, 2.75) is 26.8 Å². The maximum Gasteiger partial charge on any atom is 0.342 e. The van der Waals surface area contributed by atoms with Gasteiger partial charge in [0.1, 0.15) is 18.8 Å². The molecule has 0 spiro atoms. The zero-order valence-electron chi connectivity index (χ0n) is 19.1. The third-order valence-electron chi connectivity index (χ3n) is 5.54. The molecule has 34 heavy (non-hydrogen) atoms. The van der Waals surface area contributed by atoms with E-state index in [1.807, 2.05) is 42.5 Å². The van der Waals surface area contributed by atoms with Crippen LogP contribution in [-0.4, -0.2) is 48.0 Å². The topological polar surface area (TPSA) is 91.7 Å². The predicted molar refractivity (Wildman–Crippen MR) is 127 cm³/mol. The Kier molecular flexibility index (Phi) is 7.37. The highest BCUT2D eigenvalue weighted by Crippen LogP contribution is 2.30. The Labute approximate surface area is 202 Å². The number of carbonyl (C=O) groups excluding carboxylic acids is 2. The zero-order chi connectivity index (χ0) is 24.1. The molecule has 0 aliphatic carbocycles. The van der Waals surface area contributed by atoms with E-state index in [1.165, 1.54) is 0 Å². The van der Waals surface area contributed by atoms with Crippen LogP contribution >= 0.6 is 11.6 Å². The SMILES string of the molecule is Cc1nn(Cc2ccccc2Cl)c(C)c1C(=O)OCC(=O)NCCc1ccc2c(c1)OCCO2. The van der Waals surface area contributed by atoms with Crippen LogP contribution < -0.4 is 14.8 Å². The van der Waals surface area contributed by atoms with Gasteiger partial charge in [-0.05, 0) is 49.6 Å². The Morgan fingerprint density at radius 2 is 1.88 bits per heavy atom. The number of nitrogens with one attached hydrogen (secondary N) is 1. The van der Waals surface area contributed by atoms with E-state index in [0.717, 1.165) is 16.9 Å². The molecule has 1 aliphatic rings. The lowest BCUT2D eigenvalue weighted by molar-refractivity contribution is -0.124. The second kappa shape index (κ2) is 10.6. The molecule has 0 bridgehead atoms. The highest BCUT2D eigenvalue weighted by molar-refractivity contribution is 6.31. The molecule has 1 aliphatic heterocycles. The van der Waals surface area contributed by atoms with Crippen molar-refractivity contribution in [3.8, 4) is 11.5 Å². The van der Waals surface area contributed by atoms with Crippen molar-refractivity contribution >= 4 is 23.5 Å². The van der Waals surface area contributed by atoms with Gasteiger partial charge >= 0.3 is 5.97 Å². The van der Waals surface area contributed by atoms with Gasteiger partial charge in [0.15, 0.2) is 18.1 Å². The number of aromatic nitrogens is 2. The lowest BCUT2D eigenvalue weighted by atomic mass is 10.1. The lowest BCUT2D eigenvalue weighted by Crippen LogP contribution is -2.30. The first-order chi connectivity index (χ1) is 16.4. The van der Waals surface area contributed by atoms with E-state index in [9.17, 15) is 9.59 Å². The van der Waals surface area contributed by atoms with Gasteiger partial charge in [0.05, 0.1) is 17.9 Å². The highest BCUT2D eigenvalue weighted by atomic mass is 35.5. The first kappa shape index (κ1) is 23.6. The number of amides is 1. The molecule has 2 aromatic carbocycles. The van der Waals surface area contributed by atoms with E-state index in [1.54, 1.807) is 18.5 Å². The van der Waals surface area contributed by atoms with E-state index in [4.69, 9.17) is 25.8 Å². The first-order valence-corrected chi connectivity index (χ1v) is 11.4. The van der Waals surface area contributed by atoms with E-state index < -0.39 is 5.97 Å². The number of esters is 1. The van der Waals surface area contributed by atoms with Crippen LogP contribution in [0.4, 0.5) is 0 Å². The van der Waals surface area contributed by atoms with E-state index >= 15 is 0 Å². The summed E-state index contributed by atoms with van der Waals surface area (Å²) < 4.78 is 18.0. The van der Waals surface area contributed by atoms with Crippen LogP contribution in [0, 0.1) is 13.8 Å². The molecule has 0 saturated carbocycles. The predicted octanol–water partition coefficient (Wildman–Crippen LogP) is 3.49. The summed E-state index contributed by atoms with van der Waals surface area (Å²) in [6, 6.07) is 13.2. The van der Waals surface area contributed by atoms with Gasteiger partial charge in [-0.15, -0.1) is 0 Å². The molecule has 0 atom stereocenters. The number of halogens is 1. The summed E-state index contributed by atoms with van der Waals surface area (Å²) in [5, 5.41) is 7.85. The summed E-state index contributed by atoms with van der Waals surface area (Å²) in [5.41, 5.74) is 3.46. The summed E-state index contributed by atoms with van der Waals surface area (Å²) in [6.45, 7) is 5.07. The molecule has 1 aromatic heterocycles. The van der Waals surface area contributed by atoms with Crippen molar-refractivity contribution in [2.75, 3.05) is 26.4 Å². The molecular weight excluding hydrogens is 458 g/mol. The minimum Gasteiger partial charge on any atom is -0.486 e. The molecule has 178 valence electrons. The third-order valence-corrected chi connectivity index (χ3v) is 5.91. The molecule has 4 rings (SSSR count). The van der Waals surface area contributed by atoms with Gasteiger partial charge in [-0.25, -0.2) is 4.79 Å². The van der Waals surface area contributed by atoms with Crippen LogP contribution in [0.2, 0.25) is 5.02 Å². The molecule has 2 heterocycles. The van der Waals surface area contributed by atoms with Gasteiger partial charge in [-0.1, -0.05) is 35.9 Å². The summed E-state index contributed by atoms with van der Waals surface area (Å²) in [4.78, 5) is 24.8. The van der Waals surface area contributed by atoms with Crippen molar-refractivity contribution in [3.63, 3.8) is 0 Å². The monoisotopic (exact) mass is 483 g/mol. The second-order valence-electron chi connectivity index (χ2n) is 7.95. The van der Waals surface area contributed by atoms with Crippen LogP contribution in [0.3, 0.4) is 0 Å². The van der Waals surface area contributed by atoms with Gasteiger partial charge in [-0.2, -0.15) is 5.10 Å². The van der Waals surface area contributed by atoms with E-state index in [2.05, 4.69) is 10.4 Å². The Morgan fingerprint density at radius 3 is 2.68 bits per heavy atom. The Morgan fingerprint density at radius 1 is 1.12 bits per heavy atom. The fourth-order valence-corrected chi connectivity index (χ4v) is 3.97.